The van der Waals surface area contributed by atoms with Gasteiger partial charge in [0.2, 0.25) is 0 Å². The lowest BCUT2D eigenvalue weighted by atomic mass is 9.76. The molecular weight excluding hydrogens is 278 g/mol. The average Bonchev–Trinajstić information content (AvgIpc) is 2.98. The van der Waals surface area contributed by atoms with Gasteiger partial charge in [0.15, 0.2) is 0 Å². The van der Waals surface area contributed by atoms with Crippen LogP contribution in [0.1, 0.15) is 38.7 Å². The Kier molecular flexibility index (Phi) is 5.05. The standard InChI is InChI=1S/C22H29N/c1-16(2)22-19-12-13-21(22)17(3)8-7-11-20(14-19)23-15-18-9-5-4-6-10-18/h4-11,16,19,21-23H,3,12-15H2,1-2H3/b8-7-,20-11+. The molecular formula is C22H29N. The zero-order chi connectivity index (χ0) is 16.2. The Hall–Kier alpha value is -1.76. The topological polar surface area (TPSA) is 12.0 Å². The molecule has 0 saturated heterocycles. The molecule has 2 aliphatic carbocycles. The maximum Gasteiger partial charge on any atom is 0.0397 e. The van der Waals surface area contributed by atoms with Crippen LogP contribution in [0.15, 0.2) is 66.4 Å². The van der Waals surface area contributed by atoms with Crippen LogP contribution >= 0.6 is 0 Å². The van der Waals surface area contributed by atoms with Crippen molar-refractivity contribution in [3.8, 4) is 0 Å². The fourth-order valence-electron chi connectivity index (χ4n) is 4.49. The highest BCUT2D eigenvalue weighted by Gasteiger charge is 2.38. The van der Waals surface area contributed by atoms with Gasteiger partial charge in [-0.2, -0.15) is 0 Å². The summed E-state index contributed by atoms with van der Waals surface area (Å²) in [7, 11) is 0. The van der Waals surface area contributed by atoms with Gasteiger partial charge >= 0.3 is 0 Å². The highest BCUT2D eigenvalue weighted by Crippen LogP contribution is 2.47. The fourth-order valence-corrected chi connectivity index (χ4v) is 4.49. The molecule has 1 fully saturated rings. The molecule has 3 unspecified atom stereocenters. The number of benzene rings is 1. The zero-order valence-corrected chi connectivity index (χ0v) is 14.5. The quantitative estimate of drug-likeness (QED) is 0.777. The van der Waals surface area contributed by atoms with Gasteiger partial charge in [0.1, 0.15) is 0 Å². The molecule has 0 aliphatic heterocycles. The van der Waals surface area contributed by atoms with Gasteiger partial charge in [0, 0.05) is 12.2 Å². The smallest absolute Gasteiger partial charge is 0.0397 e. The van der Waals surface area contributed by atoms with Crippen molar-refractivity contribution >= 4 is 0 Å². The van der Waals surface area contributed by atoms with Crippen molar-refractivity contribution in [1.82, 2.24) is 5.32 Å². The van der Waals surface area contributed by atoms with E-state index in [1.165, 1.54) is 36.1 Å². The van der Waals surface area contributed by atoms with Crippen molar-refractivity contribution in [3.63, 3.8) is 0 Å². The minimum Gasteiger partial charge on any atom is -0.384 e. The Balaban J connectivity index is 1.75. The summed E-state index contributed by atoms with van der Waals surface area (Å²) in [4.78, 5) is 0. The predicted octanol–water partition coefficient (Wildman–Crippen LogP) is 5.47. The van der Waals surface area contributed by atoms with E-state index in [1.807, 2.05) is 0 Å². The molecule has 3 atom stereocenters. The van der Waals surface area contributed by atoms with Crippen molar-refractivity contribution in [1.29, 1.82) is 0 Å². The Morgan fingerprint density at radius 3 is 2.70 bits per heavy atom. The van der Waals surface area contributed by atoms with E-state index in [4.69, 9.17) is 0 Å². The van der Waals surface area contributed by atoms with Crippen molar-refractivity contribution < 1.29 is 0 Å². The third-order valence-corrected chi connectivity index (χ3v) is 5.56. The first-order valence-electron chi connectivity index (χ1n) is 8.99. The largest absolute Gasteiger partial charge is 0.384 e. The van der Waals surface area contributed by atoms with Gasteiger partial charge in [-0.3, -0.25) is 0 Å². The van der Waals surface area contributed by atoms with Crippen molar-refractivity contribution in [2.24, 2.45) is 23.7 Å². The molecule has 0 aromatic heterocycles. The molecule has 0 heterocycles. The minimum atomic E-state index is 0.679. The van der Waals surface area contributed by atoms with Gasteiger partial charge in [-0.15, -0.1) is 0 Å². The SMILES string of the molecule is C=C1/C=C\C=C(\NCc2ccccc2)CC2CCC1C2C(C)C. The third-order valence-electron chi connectivity index (χ3n) is 5.56. The van der Waals surface area contributed by atoms with E-state index in [-0.39, 0.29) is 0 Å². The molecule has 2 aliphatic rings. The second kappa shape index (κ2) is 7.21. The van der Waals surface area contributed by atoms with Gasteiger partial charge in [-0.25, -0.2) is 0 Å². The van der Waals surface area contributed by atoms with Gasteiger partial charge in [0.25, 0.3) is 0 Å². The van der Waals surface area contributed by atoms with Gasteiger partial charge < -0.3 is 5.32 Å². The zero-order valence-electron chi connectivity index (χ0n) is 14.5. The van der Waals surface area contributed by atoms with Crippen LogP contribution in [0.2, 0.25) is 0 Å². The Morgan fingerprint density at radius 2 is 1.96 bits per heavy atom. The Labute approximate surface area is 141 Å². The normalized spacial score (nSPS) is 31.0. The first kappa shape index (κ1) is 16.1. The number of hydrogen-bond donors (Lipinski definition) is 1. The summed E-state index contributed by atoms with van der Waals surface area (Å²) in [6, 6.07) is 10.7. The lowest BCUT2D eigenvalue weighted by Gasteiger charge is -2.29. The van der Waals surface area contributed by atoms with Crippen LogP contribution in [0.5, 0.6) is 0 Å². The van der Waals surface area contributed by atoms with Gasteiger partial charge in [-0.05, 0) is 54.6 Å². The molecule has 0 radical (unpaired) electrons. The molecule has 0 amide bonds. The molecule has 2 bridgehead atoms. The van der Waals surface area contributed by atoms with E-state index < -0.39 is 0 Å². The molecule has 1 N–H and O–H groups in total. The van der Waals surface area contributed by atoms with Gasteiger partial charge in [-0.1, -0.05) is 68.5 Å². The van der Waals surface area contributed by atoms with Crippen LogP contribution in [-0.2, 0) is 6.54 Å². The molecule has 122 valence electrons. The second-order valence-corrected chi connectivity index (χ2v) is 7.43. The summed E-state index contributed by atoms with van der Waals surface area (Å²) < 4.78 is 0. The average molecular weight is 307 g/mol. The summed E-state index contributed by atoms with van der Waals surface area (Å²) in [6.45, 7) is 10.0. The highest BCUT2D eigenvalue weighted by molar-refractivity contribution is 5.28. The number of rotatable bonds is 4. The van der Waals surface area contributed by atoms with E-state index in [2.05, 4.69) is 74.3 Å². The van der Waals surface area contributed by atoms with E-state index in [0.717, 1.165) is 24.3 Å². The lowest BCUT2D eigenvalue weighted by Crippen LogP contribution is -2.24. The maximum atomic E-state index is 4.35. The highest BCUT2D eigenvalue weighted by atomic mass is 14.9. The van der Waals surface area contributed by atoms with Crippen LogP contribution in [0, 0.1) is 23.7 Å². The third kappa shape index (κ3) is 3.77. The van der Waals surface area contributed by atoms with Gasteiger partial charge in [0.05, 0.1) is 0 Å². The summed E-state index contributed by atoms with van der Waals surface area (Å²) in [6.07, 6.45) is 10.5. The predicted molar refractivity (Wildman–Crippen MR) is 98.8 cm³/mol. The molecule has 23 heavy (non-hydrogen) atoms. The van der Waals surface area contributed by atoms with E-state index >= 15 is 0 Å². The number of hydrogen-bond acceptors (Lipinski definition) is 1. The summed E-state index contributed by atoms with van der Waals surface area (Å²) >= 11 is 0. The monoisotopic (exact) mass is 307 g/mol. The summed E-state index contributed by atoms with van der Waals surface area (Å²) in [5.41, 5.74) is 4.04. The number of nitrogens with one attached hydrogen (secondary N) is 1. The van der Waals surface area contributed by atoms with Crippen LogP contribution in [0.25, 0.3) is 0 Å². The lowest BCUT2D eigenvalue weighted by molar-refractivity contribution is 0.251. The van der Waals surface area contributed by atoms with Crippen molar-refractivity contribution in [2.75, 3.05) is 0 Å². The van der Waals surface area contributed by atoms with E-state index in [9.17, 15) is 0 Å². The summed E-state index contributed by atoms with van der Waals surface area (Å²) in [5, 5.41) is 3.67. The Morgan fingerprint density at radius 1 is 1.17 bits per heavy atom. The minimum absolute atomic E-state index is 0.679. The van der Waals surface area contributed by atoms with Crippen molar-refractivity contribution in [2.45, 2.75) is 39.7 Å². The second-order valence-electron chi connectivity index (χ2n) is 7.43. The summed E-state index contributed by atoms with van der Waals surface area (Å²) in [5.74, 6) is 2.96. The first-order valence-corrected chi connectivity index (χ1v) is 8.99. The molecule has 1 saturated carbocycles. The molecule has 3 rings (SSSR count). The van der Waals surface area contributed by atoms with Crippen molar-refractivity contribution in [3.05, 3.63) is 72.0 Å². The molecule has 1 aromatic rings. The maximum absolute atomic E-state index is 4.35. The molecule has 1 heteroatoms. The molecule has 1 aromatic carbocycles. The van der Waals surface area contributed by atoms with Crippen LogP contribution in [-0.4, -0.2) is 0 Å². The Bertz CT molecular complexity index is 594. The first-order chi connectivity index (χ1) is 11.1. The molecule has 1 nitrogen and oxygen atoms in total. The van der Waals surface area contributed by atoms with Crippen LogP contribution < -0.4 is 5.32 Å². The van der Waals surface area contributed by atoms with E-state index in [1.54, 1.807) is 0 Å². The van der Waals surface area contributed by atoms with Crippen LogP contribution in [0.4, 0.5) is 0 Å². The number of allylic oxidation sites excluding steroid dienone is 5. The van der Waals surface area contributed by atoms with E-state index in [0.29, 0.717) is 5.92 Å². The number of fused-ring (bicyclic) bond motifs is 2. The molecule has 0 spiro atoms. The van der Waals surface area contributed by atoms with Crippen LogP contribution in [0.3, 0.4) is 0 Å². The fraction of sp³-hybridized carbons (Fsp3) is 0.455.